The minimum Gasteiger partial charge on any atom is -0.388 e. The van der Waals surface area contributed by atoms with Crippen molar-refractivity contribution < 1.29 is 14.3 Å². The van der Waals surface area contributed by atoms with Crippen molar-refractivity contribution in [3.05, 3.63) is 59.9 Å². The van der Waals surface area contributed by atoms with Gasteiger partial charge in [0.05, 0.1) is 17.5 Å². The molecule has 0 radical (unpaired) electrons. The fraction of sp³-hybridized carbons (Fsp3) is 0.188. The van der Waals surface area contributed by atoms with Crippen molar-refractivity contribution in [1.82, 2.24) is 0 Å². The molecule has 0 aliphatic carbocycles. The van der Waals surface area contributed by atoms with Crippen molar-refractivity contribution in [3.63, 3.8) is 0 Å². The zero-order chi connectivity index (χ0) is 14.8. The van der Waals surface area contributed by atoms with Gasteiger partial charge in [-0.05, 0) is 24.6 Å². The van der Waals surface area contributed by atoms with E-state index in [2.05, 4.69) is 5.32 Å². The van der Waals surface area contributed by atoms with Crippen molar-refractivity contribution in [3.8, 4) is 0 Å². The number of carbonyl (C=O) groups is 1. The highest BCUT2D eigenvalue weighted by Gasteiger charge is 2.27. The van der Waals surface area contributed by atoms with Gasteiger partial charge >= 0.3 is 6.03 Å². The Balaban J connectivity index is 1.86. The van der Waals surface area contributed by atoms with Crippen LogP contribution in [-0.4, -0.2) is 17.7 Å². The third-order valence-corrected chi connectivity index (χ3v) is 3.57. The number of fused-ring (bicyclic) bond motifs is 1. The number of para-hydroxylation sites is 2. The summed E-state index contributed by atoms with van der Waals surface area (Å²) >= 11 is 0. The number of hydrogen-bond acceptors (Lipinski definition) is 2. The fourth-order valence-electron chi connectivity index (χ4n) is 2.50. The van der Waals surface area contributed by atoms with E-state index in [9.17, 15) is 14.3 Å². The van der Waals surface area contributed by atoms with E-state index in [4.69, 9.17) is 0 Å². The van der Waals surface area contributed by atoms with Gasteiger partial charge in [0.25, 0.3) is 0 Å². The summed E-state index contributed by atoms with van der Waals surface area (Å²) in [5, 5.41) is 12.5. The number of benzene rings is 2. The van der Waals surface area contributed by atoms with Crippen LogP contribution in [0.5, 0.6) is 0 Å². The molecule has 2 aromatic carbocycles. The molecular weight excluding hydrogens is 271 g/mol. The molecule has 0 saturated carbocycles. The number of anilines is 2. The molecule has 0 fully saturated rings. The first-order chi connectivity index (χ1) is 10.2. The third-order valence-electron chi connectivity index (χ3n) is 3.57. The molecule has 2 aromatic rings. The first kappa shape index (κ1) is 13.6. The van der Waals surface area contributed by atoms with Gasteiger partial charge in [0, 0.05) is 12.1 Å². The zero-order valence-electron chi connectivity index (χ0n) is 11.3. The number of urea groups is 1. The molecule has 1 aliphatic heterocycles. The van der Waals surface area contributed by atoms with E-state index < -0.39 is 18.0 Å². The van der Waals surface area contributed by atoms with E-state index in [1.165, 1.54) is 17.0 Å². The van der Waals surface area contributed by atoms with E-state index >= 15 is 0 Å². The predicted octanol–water partition coefficient (Wildman–Crippen LogP) is 3.30. The van der Waals surface area contributed by atoms with E-state index in [1.54, 1.807) is 30.3 Å². The van der Waals surface area contributed by atoms with Gasteiger partial charge in [-0.3, -0.25) is 4.90 Å². The molecule has 0 spiro atoms. The molecule has 21 heavy (non-hydrogen) atoms. The molecule has 108 valence electrons. The van der Waals surface area contributed by atoms with E-state index in [0.717, 1.165) is 0 Å². The Bertz CT molecular complexity index is 675. The largest absolute Gasteiger partial charge is 0.388 e. The van der Waals surface area contributed by atoms with Crippen LogP contribution in [-0.2, 0) is 0 Å². The monoisotopic (exact) mass is 286 g/mol. The smallest absolute Gasteiger partial charge is 0.326 e. The Hall–Kier alpha value is -2.40. The number of nitrogens with one attached hydrogen (secondary N) is 1. The van der Waals surface area contributed by atoms with Gasteiger partial charge in [0.2, 0.25) is 0 Å². The number of carbonyl (C=O) groups excluding carboxylic acids is 1. The molecule has 1 aliphatic rings. The van der Waals surface area contributed by atoms with Crippen LogP contribution in [0.1, 0.15) is 18.1 Å². The van der Waals surface area contributed by atoms with Gasteiger partial charge in [-0.1, -0.05) is 30.3 Å². The maximum Gasteiger partial charge on any atom is 0.326 e. The first-order valence-corrected chi connectivity index (χ1v) is 6.77. The molecule has 4 nitrogen and oxygen atoms in total. The first-order valence-electron chi connectivity index (χ1n) is 6.77. The lowest BCUT2D eigenvalue weighted by Gasteiger charge is -2.32. The predicted molar refractivity (Wildman–Crippen MR) is 78.8 cm³/mol. The van der Waals surface area contributed by atoms with Gasteiger partial charge in [-0.15, -0.1) is 0 Å². The van der Waals surface area contributed by atoms with Gasteiger partial charge < -0.3 is 10.4 Å². The Morgan fingerprint density at radius 1 is 1.19 bits per heavy atom. The SMILES string of the molecule is O=C(Nc1ccccc1F)N1CCC(O)c2ccccc21. The second-order valence-electron chi connectivity index (χ2n) is 4.92. The van der Waals surface area contributed by atoms with Crippen molar-refractivity contribution in [2.75, 3.05) is 16.8 Å². The number of halogens is 1. The zero-order valence-corrected chi connectivity index (χ0v) is 11.3. The molecule has 0 saturated heterocycles. The Labute approximate surface area is 121 Å². The summed E-state index contributed by atoms with van der Waals surface area (Å²) in [6.45, 7) is 0.387. The maximum absolute atomic E-state index is 13.6. The van der Waals surface area contributed by atoms with Crippen LogP contribution < -0.4 is 10.2 Å². The summed E-state index contributed by atoms with van der Waals surface area (Å²) in [5.41, 5.74) is 1.52. The lowest BCUT2D eigenvalue weighted by atomic mass is 9.99. The number of amides is 2. The lowest BCUT2D eigenvalue weighted by Crippen LogP contribution is -2.39. The molecule has 2 amide bonds. The lowest BCUT2D eigenvalue weighted by molar-refractivity contribution is 0.164. The standard InChI is InChI=1S/C16H15FN2O2/c17-12-6-2-3-7-13(12)18-16(21)19-10-9-15(20)11-5-1-4-8-14(11)19/h1-8,15,20H,9-10H2,(H,18,21). The number of nitrogens with zero attached hydrogens (tertiary/aromatic N) is 1. The van der Waals surface area contributed by atoms with Crippen molar-refractivity contribution in [1.29, 1.82) is 0 Å². The minimum absolute atomic E-state index is 0.145. The number of aliphatic hydroxyl groups excluding tert-OH is 1. The van der Waals surface area contributed by atoms with Crippen LogP contribution >= 0.6 is 0 Å². The molecular formula is C16H15FN2O2. The van der Waals surface area contributed by atoms with Gasteiger partial charge in [-0.2, -0.15) is 0 Å². The summed E-state index contributed by atoms with van der Waals surface area (Å²) in [7, 11) is 0. The maximum atomic E-state index is 13.6. The van der Waals surface area contributed by atoms with Crippen LogP contribution in [0.3, 0.4) is 0 Å². The summed E-state index contributed by atoms with van der Waals surface area (Å²) in [5.74, 6) is -0.476. The van der Waals surface area contributed by atoms with Gasteiger partial charge in [0.1, 0.15) is 5.82 Å². The summed E-state index contributed by atoms with van der Waals surface area (Å²) in [6, 6.07) is 12.8. The number of hydrogen-bond donors (Lipinski definition) is 2. The average molecular weight is 286 g/mol. The topological polar surface area (TPSA) is 52.6 Å². The minimum atomic E-state index is -0.571. The third kappa shape index (κ3) is 2.60. The highest BCUT2D eigenvalue weighted by atomic mass is 19.1. The normalized spacial score (nSPS) is 17.2. The Morgan fingerprint density at radius 3 is 2.71 bits per heavy atom. The van der Waals surface area contributed by atoms with Crippen LogP contribution in [0.2, 0.25) is 0 Å². The average Bonchev–Trinajstić information content (AvgIpc) is 2.50. The highest BCUT2D eigenvalue weighted by molar-refractivity contribution is 6.02. The molecule has 5 heteroatoms. The number of rotatable bonds is 1. The van der Waals surface area contributed by atoms with Gasteiger partial charge in [-0.25, -0.2) is 9.18 Å². The summed E-state index contributed by atoms with van der Waals surface area (Å²) in [6.07, 6.45) is -0.111. The second-order valence-corrected chi connectivity index (χ2v) is 4.92. The molecule has 1 heterocycles. The van der Waals surface area contributed by atoms with Crippen LogP contribution in [0.25, 0.3) is 0 Å². The van der Waals surface area contributed by atoms with Gasteiger partial charge in [0.15, 0.2) is 0 Å². The Kier molecular flexibility index (Phi) is 3.58. The molecule has 2 N–H and O–H groups in total. The van der Waals surface area contributed by atoms with Crippen molar-refractivity contribution >= 4 is 17.4 Å². The van der Waals surface area contributed by atoms with Crippen LogP contribution in [0.4, 0.5) is 20.6 Å². The molecule has 0 aromatic heterocycles. The van der Waals surface area contributed by atoms with Crippen molar-refractivity contribution in [2.24, 2.45) is 0 Å². The summed E-state index contributed by atoms with van der Waals surface area (Å²) in [4.78, 5) is 13.9. The molecule has 1 atom stereocenters. The number of aliphatic hydroxyl groups is 1. The Morgan fingerprint density at radius 2 is 1.90 bits per heavy atom. The fourth-order valence-corrected chi connectivity index (χ4v) is 2.50. The molecule has 3 rings (SSSR count). The summed E-state index contributed by atoms with van der Waals surface area (Å²) < 4.78 is 13.6. The molecule has 0 bridgehead atoms. The quantitative estimate of drug-likeness (QED) is 0.845. The molecule has 1 unspecified atom stereocenters. The van der Waals surface area contributed by atoms with E-state index in [0.29, 0.717) is 24.2 Å². The van der Waals surface area contributed by atoms with Crippen LogP contribution in [0.15, 0.2) is 48.5 Å². The van der Waals surface area contributed by atoms with Crippen molar-refractivity contribution in [2.45, 2.75) is 12.5 Å². The van der Waals surface area contributed by atoms with E-state index in [-0.39, 0.29) is 5.69 Å². The van der Waals surface area contributed by atoms with E-state index in [1.807, 2.05) is 6.07 Å². The highest BCUT2D eigenvalue weighted by Crippen LogP contribution is 2.33. The second kappa shape index (κ2) is 5.54. The van der Waals surface area contributed by atoms with Crippen LogP contribution in [0, 0.1) is 5.82 Å².